The Hall–Kier alpha value is -2.49. The third-order valence-corrected chi connectivity index (χ3v) is 8.91. The summed E-state index contributed by atoms with van der Waals surface area (Å²) >= 11 is 0. The molecule has 0 aromatic rings. The first kappa shape index (κ1) is 32.4. The Morgan fingerprint density at radius 1 is 1.02 bits per heavy atom. The van der Waals surface area contributed by atoms with Crippen molar-refractivity contribution in [3.8, 4) is 0 Å². The molecule has 1 aliphatic carbocycles. The second kappa shape index (κ2) is 14.3. The van der Waals surface area contributed by atoms with Gasteiger partial charge in [0.2, 0.25) is 11.8 Å². The topological polar surface area (TPSA) is 115 Å². The Morgan fingerprint density at radius 2 is 1.76 bits per heavy atom. The fourth-order valence-electron chi connectivity index (χ4n) is 6.39. The molecule has 8 atom stereocenters. The van der Waals surface area contributed by atoms with Gasteiger partial charge < -0.3 is 29.6 Å². The molecule has 234 valence electrons. The number of rotatable bonds is 11. The van der Waals surface area contributed by atoms with Gasteiger partial charge in [0.1, 0.15) is 6.10 Å². The summed E-state index contributed by atoms with van der Waals surface area (Å²) < 4.78 is 23.5. The second-order valence-electron chi connectivity index (χ2n) is 13.1. The molecule has 1 saturated carbocycles. The standard InChI is InChI=1S/C33H50N2O7/c1-20(7-10-27-17-33(19-39-33)18-28(42-27)16-32(38)34-26-13-21(2)14-26)8-11-30-22(3)15-29(24(5)41-30)35-31(37)12-9-23(4)40-25(6)36/h7-10,12,21-24,26-30H,11,13-19H2,1-6H3,(H,34,38)(H,35,37)/b10-7+,12-9-,20-8+/t21?,22-,23-,24+,26?,27+,28+,29+,30-,33+/m0/s1. The third kappa shape index (κ3) is 9.78. The van der Waals surface area contributed by atoms with Gasteiger partial charge in [-0.3, -0.25) is 14.4 Å². The van der Waals surface area contributed by atoms with E-state index in [-0.39, 0.29) is 59.8 Å². The second-order valence-corrected chi connectivity index (χ2v) is 13.1. The fraction of sp³-hybridized carbons (Fsp3) is 0.727. The van der Waals surface area contributed by atoms with Crippen LogP contribution < -0.4 is 10.6 Å². The van der Waals surface area contributed by atoms with Gasteiger partial charge in [0.25, 0.3) is 0 Å². The summed E-state index contributed by atoms with van der Waals surface area (Å²) in [5.41, 5.74) is 0.999. The SMILES string of the molecule is CC(=O)O[C@@H](C)/C=C\C(=O)N[C@@H]1C[C@H](C)[C@H](C/C=C(C)/C=C/[C@@H]2C[C@]3(CO3)C[C@@H](CC(=O)NC3CC(C)C3)O2)O[C@@H]1C. The number of hydrogen-bond donors (Lipinski definition) is 2. The Balaban J connectivity index is 1.22. The highest BCUT2D eigenvalue weighted by Crippen LogP contribution is 2.43. The van der Waals surface area contributed by atoms with Crippen molar-refractivity contribution in [1.29, 1.82) is 0 Å². The molecule has 9 nitrogen and oxygen atoms in total. The van der Waals surface area contributed by atoms with Crippen molar-refractivity contribution in [2.24, 2.45) is 11.8 Å². The smallest absolute Gasteiger partial charge is 0.303 e. The van der Waals surface area contributed by atoms with Crippen LogP contribution in [0.1, 0.15) is 86.5 Å². The lowest BCUT2D eigenvalue weighted by atomic mass is 9.82. The Kier molecular flexibility index (Phi) is 11.1. The van der Waals surface area contributed by atoms with Crippen molar-refractivity contribution in [1.82, 2.24) is 10.6 Å². The van der Waals surface area contributed by atoms with Gasteiger partial charge in [-0.15, -0.1) is 0 Å². The van der Waals surface area contributed by atoms with Gasteiger partial charge in [-0.25, -0.2) is 0 Å². The molecule has 0 aromatic heterocycles. The van der Waals surface area contributed by atoms with E-state index in [1.54, 1.807) is 13.0 Å². The van der Waals surface area contributed by atoms with Crippen LogP contribution in [0.2, 0.25) is 0 Å². The average Bonchev–Trinajstić information content (AvgIpc) is 3.63. The van der Waals surface area contributed by atoms with Crippen LogP contribution in [0.15, 0.2) is 36.0 Å². The molecule has 9 heteroatoms. The molecule has 0 unspecified atom stereocenters. The van der Waals surface area contributed by atoms with E-state index in [1.165, 1.54) is 13.0 Å². The van der Waals surface area contributed by atoms with Crippen LogP contribution in [0.4, 0.5) is 0 Å². The van der Waals surface area contributed by atoms with Crippen LogP contribution in [-0.4, -0.2) is 72.6 Å². The normalized spacial score (nSPS) is 37.3. The van der Waals surface area contributed by atoms with Crippen LogP contribution in [0.3, 0.4) is 0 Å². The quantitative estimate of drug-likeness (QED) is 0.160. The van der Waals surface area contributed by atoms with Crippen LogP contribution in [0, 0.1) is 11.8 Å². The van der Waals surface area contributed by atoms with Crippen molar-refractivity contribution >= 4 is 17.8 Å². The van der Waals surface area contributed by atoms with E-state index in [1.807, 2.05) is 6.92 Å². The Bertz CT molecular complexity index is 1060. The van der Waals surface area contributed by atoms with E-state index in [2.05, 4.69) is 49.6 Å². The maximum absolute atomic E-state index is 12.6. The minimum atomic E-state index is -0.456. The molecule has 0 bridgehead atoms. The first-order valence-corrected chi connectivity index (χ1v) is 15.6. The summed E-state index contributed by atoms with van der Waals surface area (Å²) in [5.74, 6) is 0.451. The molecule has 0 aromatic carbocycles. The van der Waals surface area contributed by atoms with E-state index < -0.39 is 6.10 Å². The summed E-state index contributed by atoms with van der Waals surface area (Å²) in [4.78, 5) is 36.0. The number of amides is 2. The predicted molar refractivity (Wildman–Crippen MR) is 159 cm³/mol. The summed E-state index contributed by atoms with van der Waals surface area (Å²) in [7, 11) is 0. The zero-order valence-corrected chi connectivity index (χ0v) is 26.1. The zero-order chi connectivity index (χ0) is 30.4. The van der Waals surface area contributed by atoms with Crippen molar-refractivity contribution in [2.45, 2.75) is 135 Å². The molecular weight excluding hydrogens is 536 g/mol. The molecule has 2 amide bonds. The maximum Gasteiger partial charge on any atom is 0.303 e. The van der Waals surface area contributed by atoms with Crippen molar-refractivity contribution in [3.05, 3.63) is 36.0 Å². The van der Waals surface area contributed by atoms with Crippen LogP contribution >= 0.6 is 0 Å². The molecule has 4 rings (SSSR count). The summed E-state index contributed by atoms with van der Waals surface area (Å²) in [5, 5.41) is 6.18. The number of nitrogens with one attached hydrogen (secondary N) is 2. The Morgan fingerprint density at radius 3 is 2.43 bits per heavy atom. The first-order valence-electron chi connectivity index (χ1n) is 15.6. The first-order chi connectivity index (χ1) is 19.9. The van der Waals surface area contributed by atoms with E-state index >= 15 is 0 Å². The number of epoxide rings is 1. The molecule has 0 radical (unpaired) electrons. The van der Waals surface area contributed by atoms with Gasteiger partial charge in [0.05, 0.1) is 49.1 Å². The molecule has 4 aliphatic rings. The molecule has 4 fully saturated rings. The van der Waals surface area contributed by atoms with E-state index in [0.29, 0.717) is 18.4 Å². The average molecular weight is 587 g/mol. The number of esters is 1. The molecular formula is C33H50N2O7. The lowest BCUT2D eigenvalue weighted by Crippen LogP contribution is -2.50. The highest BCUT2D eigenvalue weighted by atomic mass is 16.6. The lowest BCUT2D eigenvalue weighted by Gasteiger charge is -2.39. The largest absolute Gasteiger partial charge is 0.459 e. The van der Waals surface area contributed by atoms with Gasteiger partial charge in [-0.2, -0.15) is 0 Å². The summed E-state index contributed by atoms with van der Waals surface area (Å²) in [6, 6.07) is 0.232. The van der Waals surface area contributed by atoms with Crippen LogP contribution in [-0.2, 0) is 33.3 Å². The third-order valence-electron chi connectivity index (χ3n) is 8.91. The monoisotopic (exact) mass is 586 g/mol. The van der Waals surface area contributed by atoms with E-state index in [9.17, 15) is 14.4 Å². The van der Waals surface area contributed by atoms with Gasteiger partial charge in [-0.05, 0) is 64.4 Å². The van der Waals surface area contributed by atoms with Crippen molar-refractivity contribution in [3.63, 3.8) is 0 Å². The fourth-order valence-corrected chi connectivity index (χ4v) is 6.39. The number of hydrogen-bond acceptors (Lipinski definition) is 7. The molecule has 42 heavy (non-hydrogen) atoms. The minimum Gasteiger partial charge on any atom is -0.459 e. The van der Waals surface area contributed by atoms with E-state index in [4.69, 9.17) is 18.9 Å². The lowest BCUT2D eigenvalue weighted by molar-refractivity contribution is -0.143. The molecule has 1 spiro atoms. The number of allylic oxidation sites excluding steroid dienone is 2. The predicted octanol–water partition coefficient (Wildman–Crippen LogP) is 4.31. The Labute approximate surface area is 250 Å². The zero-order valence-electron chi connectivity index (χ0n) is 26.1. The van der Waals surface area contributed by atoms with Crippen LogP contribution in [0.5, 0.6) is 0 Å². The number of ether oxygens (including phenoxy) is 4. The summed E-state index contributed by atoms with van der Waals surface area (Å²) in [6.07, 6.45) is 14.4. The van der Waals surface area contributed by atoms with E-state index in [0.717, 1.165) is 50.7 Å². The molecule has 3 heterocycles. The van der Waals surface area contributed by atoms with Crippen LogP contribution in [0.25, 0.3) is 0 Å². The molecule has 2 N–H and O–H groups in total. The van der Waals surface area contributed by atoms with Crippen molar-refractivity contribution < 1.29 is 33.3 Å². The maximum atomic E-state index is 12.6. The summed E-state index contributed by atoms with van der Waals surface area (Å²) in [6.45, 7) is 12.2. The van der Waals surface area contributed by atoms with Gasteiger partial charge in [0.15, 0.2) is 0 Å². The molecule has 3 saturated heterocycles. The number of carbonyl (C=O) groups is 3. The van der Waals surface area contributed by atoms with Gasteiger partial charge in [0, 0.05) is 31.9 Å². The van der Waals surface area contributed by atoms with Gasteiger partial charge in [-0.1, -0.05) is 37.6 Å². The number of carbonyl (C=O) groups excluding carboxylic acids is 3. The molecule has 3 aliphatic heterocycles. The van der Waals surface area contributed by atoms with Crippen molar-refractivity contribution in [2.75, 3.05) is 6.61 Å². The highest BCUT2D eigenvalue weighted by Gasteiger charge is 2.51. The highest BCUT2D eigenvalue weighted by molar-refractivity contribution is 5.87. The van der Waals surface area contributed by atoms with Gasteiger partial charge >= 0.3 is 5.97 Å². The minimum absolute atomic E-state index is 0.0617.